The lowest BCUT2D eigenvalue weighted by Crippen LogP contribution is -2.60. The molecule has 1 aromatic rings. The Morgan fingerprint density at radius 1 is 1.13 bits per heavy atom. The van der Waals surface area contributed by atoms with Gasteiger partial charge in [0.1, 0.15) is 11.9 Å². The summed E-state index contributed by atoms with van der Waals surface area (Å²) in [5.74, 6) is 1.27. The molecule has 0 radical (unpaired) electrons. The van der Waals surface area contributed by atoms with E-state index >= 15 is 0 Å². The first-order chi connectivity index (χ1) is 11.1. The topological polar surface area (TPSA) is 32.8 Å². The van der Waals surface area contributed by atoms with Crippen LogP contribution in [-0.4, -0.2) is 54.5 Å². The molecule has 2 aliphatic heterocycles. The highest BCUT2D eigenvalue weighted by molar-refractivity contribution is 5.82. The van der Waals surface area contributed by atoms with Gasteiger partial charge in [-0.25, -0.2) is 0 Å². The van der Waals surface area contributed by atoms with Crippen molar-refractivity contribution in [3.05, 3.63) is 29.3 Å². The van der Waals surface area contributed by atoms with E-state index in [0.29, 0.717) is 0 Å². The number of likely N-dealkylation sites (N-methyl/N-ethyl adjacent to an activating group) is 1. The summed E-state index contributed by atoms with van der Waals surface area (Å²) in [4.78, 5) is 16.9. The molecule has 2 heterocycles. The predicted molar refractivity (Wildman–Crippen MR) is 91.8 cm³/mol. The van der Waals surface area contributed by atoms with Crippen LogP contribution in [0.15, 0.2) is 18.2 Å². The average Bonchev–Trinajstić information content (AvgIpc) is 2.69. The molecule has 126 valence electrons. The molecular weight excluding hydrogens is 288 g/mol. The minimum absolute atomic E-state index is 0.0682. The number of amides is 1. The van der Waals surface area contributed by atoms with Gasteiger partial charge in [0.15, 0.2) is 0 Å². The molecule has 1 amide bonds. The van der Waals surface area contributed by atoms with Gasteiger partial charge in [-0.1, -0.05) is 31.0 Å². The fourth-order valence-electron chi connectivity index (χ4n) is 3.62. The van der Waals surface area contributed by atoms with Gasteiger partial charge in [-0.3, -0.25) is 9.69 Å². The molecule has 0 saturated carbocycles. The zero-order valence-corrected chi connectivity index (χ0v) is 14.5. The first-order valence-electron chi connectivity index (χ1n) is 8.78. The van der Waals surface area contributed by atoms with E-state index in [9.17, 15) is 4.79 Å². The number of ether oxygens (including phenoxy) is 1. The summed E-state index contributed by atoms with van der Waals surface area (Å²) in [6, 6.07) is 6.27. The van der Waals surface area contributed by atoms with E-state index in [1.807, 2.05) is 4.90 Å². The molecule has 0 unspecified atom stereocenters. The van der Waals surface area contributed by atoms with Crippen LogP contribution in [0.4, 0.5) is 0 Å². The second kappa shape index (κ2) is 6.91. The van der Waals surface area contributed by atoms with E-state index in [-0.39, 0.29) is 18.1 Å². The molecule has 1 aromatic carbocycles. The van der Waals surface area contributed by atoms with Gasteiger partial charge in [-0.15, -0.1) is 0 Å². The smallest absolute Gasteiger partial charge is 0.240 e. The third-order valence-electron chi connectivity index (χ3n) is 5.16. The van der Waals surface area contributed by atoms with Crippen LogP contribution in [0.2, 0.25) is 0 Å². The minimum Gasteiger partial charge on any atom is -0.486 e. The molecule has 3 rings (SSSR count). The number of carbonyl (C=O) groups is 1. The second-order valence-corrected chi connectivity index (χ2v) is 7.05. The van der Waals surface area contributed by atoms with Crippen LogP contribution in [0.5, 0.6) is 5.75 Å². The van der Waals surface area contributed by atoms with Crippen molar-refractivity contribution in [3.63, 3.8) is 0 Å². The number of benzene rings is 1. The van der Waals surface area contributed by atoms with Gasteiger partial charge in [0, 0.05) is 0 Å². The van der Waals surface area contributed by atoms with Crippen molar-refractivity contribution in [1.82, 2.24) is 9.80 Å². The fourth-order valence-corrected chi connectivity index (χ4v) is 3.62. The molecule has 23 heavy (non-hydrogen) atoms. The van der Waals surface area contributed by atoms with Crippen molar-refractivity contribution in [1.29, 1.82) is 0 Å². The third kappa shape index (κ3) is 3.52. The molecule has 0 aliphatic carbocycles. The van der Waals surface area contributed by atoms with Gasteiger partial charge < -0.3 is 9.64 Å². The maximum Gasteiger partial charge on any atom is 0.240 e. The van der Waals surface area contributed by atoms with Gasteiger partial charge in [-0.2, -0.15) is 0 Å². The van der Waals surface area contributed by atoms with Crippen molar-refractivity contribution >= 4 is 5.91 Å². The first-order valence-corrected chi connectivity index (χ1v) is 8.78. The molecule has 0 bridgehead atoms. The number of carbonyl (C=O) groups excluding carboxylic acids is 1. The second-order valence-electron chi connectivity index (χ2n) is 7.05. The lowest BCUT2D eigenvalue weighted by atomic mass is 10.0. The SMILES string of the molecule is Cc1cccc(C)c1OC1CN(C(=O)[C@H]2CCCCCN2C)C1. The molecule has 0 N–H and O–H groups in total. The number of hydrogen-bond acceptors (Lipinski definition) is 3. The standard InChI is InChI=1S/C19H28N2O2/c1-14-8-7-9-15(2)18(14)23-16-12-21(13-16)19(22)17-10-5-4-6-11-20(17)3/h7-9,16-17H,4-6,10-13H2,1-3H3/t17-/m1/s1. The Balaban J connectivity index is 1.55. The summed E-state index contributed by atoms with van der Waals surface area (Å²) in [6.45, 7) is 6.62. The quantitative estimate of drug-likeness (QED) is 0.859. The predicted octanol–water partition coefficient (Wildman–Crippen LogP) is 2.77. The van der Waals surface area contributed by atoms with Gasteiger partial charge in [0.05, 0.1) is 19.1 Å². The van der Waals surface area contributed by atoms with Crippen LogP contribution in [0.3, 0.4) is 0 Å². The summed E-state index contributed by atoms with van der Waals surface area (Å²) in [7, 11) is 2.08. The van der Waals surface area contributed by atoms with Crippen LogP contribution in [-0.2, 0) is 4.79 Å². The van der Waals surface area contributed by atoms with Crippen molar-refractivity contribution < 1.29 is 9.53 Å². The zero-order chi connectivity index (χ0) is 16.4. The summed E-state index contributed by atoms with van der Waals surface area (Å²) in [5, 5.41) is 0. The lowest BCUT2D eigenvalue weighted by Gasteiger charge is -2.42. The van der Waals surface area contributed by atoms with E-state index in [1.165, 1.54) is 24.0 Å². The average molecular weight is 316 g/mol. The number of hydrogen-bond donors (Lipinski definition) is 0. The Morgan fingerprint density at radius 2 is 1.83 bits per heavy atom. The minimum atomic E-state index is 0.0682. The van der Waals surface area contributed by atoms with Crippen LogP contribution in [0, 0.1) is 13.8 Å². The molecule has 0 spiro atoms. The van der Waals surface area contributed by atoms with Gasteiger partial charge in [-0.05, 0) is 51.4 Å². The highest BCUT2D eigenvalue weighted by Crippen LogP contribution is 2.27. The number of nitrogens with zero attached hydrogens (tertiary/aromatic N) is 2. The Morgan fingerprint density at radius 3 is 2.52 bits per heavy atom. The number of para-hydroxylation sites is 1. The third-order valence-corrected chi connectivity index (χ3v) is 5.16. The van der Waals surface area contributed by atoms with Crippen LogP contribution in [0.25, 0.3) is 0 Å². The van der Waals surface area contributed by atoms with E-state index in [1.54, 1.807) is 0 Å². The molecular formula is C19H28N2O2. The van der Waals surface area contributed by atoms with E-state index < -0.39 is 0 Å². The molecule has 0 aromatic heterocycles. The van der Waals surface area contributed by atoms with Crippen molar-refractivity contribution in [3.8, 4) is 5.75 Å². The normalized spacial score (nSPS) is 23.3. The molecule has 2 saturated heterocycles. The number of aryl methyl sites for hydroxylation is 2. The van der Waals surface area contributed by atoms with Gasteiger partial charge >= 0.3 is 0 Å². The fraction of sp³-hybridized carbons (Fsp3) is 0.632. The maximum atomic E-state index is 12.7. The molecule has 4 heteroatoms. The molecule has 2 fully saturated rings. The Kier molecular flexibility index (Phi) is 4.90. The van der Waals surface area contributed by atoms with Crippen molar-refractivity contribution in [2.75, 3.05) is 26.7 Å². The molecule has 1 atom stereocenters. The lowest BCUT2D eigenvalue weighted by molar-refractivity contribution is -0.145. The number of likely N-dealkylation sites (tertiary alicyclic amines) is 2. The Bertz CT molecular complexity index is 546. The summed E-state index contributed by atoms with van der Waals surface area (Å²) in [6.07, 6.45) is 4.74. The highest BCUT2D eigenvalue weighted by Gasteiger charge is 2.37. The maximum absolute atomic E-state index is 12.7. The van der Waals surface area contributed by atoms with Crippen LogP contribution < -0.4 is 4.74 Å². The summed E-state index contributed by atoms with van der Waals surface area (Å²) < 4.78 is 6.12. The van der Waals surface area contributed by atoms with Crippen molar-refractivity contribution in [2.45, 2.75) is 51.7 Å². The Labute approximate surface area is 139 Å². The summed E-state index contributed by atoms with van der Waals surface area (Å²) in [5.41, 5.74) is 2.33. The Hall–Kier alpha value is -1.55. The van der Waals surface area contributed by atoms with E-state index in [2.05, 4.69) is 44.0 Å². The molecule has 2 aliphatic rings. The van der Waals surface area contributed by atoms with E-state index in [4.69, 9.17) is 4.74 Å². The number of rotatable bonds is 3. The van der Waals surface area contributed by atoms with Crippen molar-refractivity contribution in [2.24, 2.45) is 0 Å². The highest BCUT2D eigenvalue weighted by atomic mass is 16.5. The van der Waals surface area contributed by atoms with Crippen LogP contribution >= 0.6 is 0 Å². The first kappa shape index (κ1) is 16.3. The summed E-state index contributed by atoms with van der Waals surface area (Å²) >= 11 is 0. The zero-order valence-electron chi connectivity index (χ0n) is 14.5. The van der Waals surface area contributed by atoms with Gasteiger partial charge in [0.25, 0.3) is 0 Å². The largest absolute Gasteiger partial charge is 0.486 e. The monoisotopic (exact) mass is 316 g/mol. The van der Waals surface area contributed by atoms with E-state index in [0.717, 1.165) is 38.2 Å². The van der Waals surface area contributed by atoms with Gasteiger partial charge in [0.2, 0.25) is 5.91 Å². The van der Waals surface area contributed by atoms with Crippen LogP contribution in [0.1, 0.15) is 36.8 Å². The molecule has 4 nitrogen and oxygen atoms in total.